The lowest BCUT2D eigenvalue weighted by molar-refractivity contribution is -0.122. The Labute approximate surface area is 88.1 Å². The third kappa shape index (κ3) is 2.59. The van der Waals surface area contributed by atoms with Crippen molar-refractivity contribution in [2.24, 2.45) is 0 Å². The number of piperidine rings is 1. The number of pyridine rings is 1. The number of hydrogen-bond donors (Lipinski definition) is 3. The molecule has 1 amide bonds. The summed E-state index contributed by atoms with van der Waals surface area (Å²) >= 11 is 0. The maximum Gasteiger partial charge on any atom is 0.220 e. The van der Waals surface area contributed by atoms with E-state index in [0.717, 1.165) is 12.1 Å². The number of hydrogen-bond acceptors (Lipinski definition) is 4. The second-order valence-electron chi connectivity index (χ2n) is 3.65. The zero-order valence-corrected chi connectivity index (χ0v) is 8.36. The molecule has 2 heterocycles. The Morgan fingerprint density at radius 2 is 2.47 bits per heavy atom. The van der Waals surface area contributed by atoms with E-state index in [9.17, 15) is 4.79 Å². The summed E-state index contributed by atoms with van der Waals surface area (Å²) in [4.78, 5) is 14.9. The van der Waals surface area contributed by atoms with Crippen LogP contribution in [0.4, 0.5) is 11.5 Å². The van der Waals surface area contributed by atoms with Gasteiger partial charge < -0.3 is 16.4 Å². The fourth-order valence-corrected chi connectivity index (χ4v) is 1.63. The third-order valence-electron chi connectivity index (χ3n) is 2.42. The lowest BCUT2D eigenvalue weighted by Crippen LogP contribution is -2.41. The number of carbonyl (C=O) groups is 1. The van der Waals surface area contributed by atoms with Gasteiger partial charge in [0.1, 0.15) is 5.82 Å². The lowest BCUT2D eigenvalue weighted by Gasteiger charge is -2.24. The van der Waals surface area contributed by atoms with Gasteiger partial charge in [-0.1, -0.05) is 0 Å². The molecule has 1 unspecified atom stereocenters. The van der Waals surface area contributed by atoms with E-state index in [1.165, 1.54) is 0 Å². The number of nitrogens with one attached hydrogen (secondary N) is 2. The first kappa shape index (κ1) is 9.76. The van der Waals surface area contributed by atoms with Crippen molar-refractivity contribution in [1.82, 2.24) is 10.3 Å². The monoisotopic (exact) mass is 206 g/mol. The molecule has 0 saturated carbocycles. The van der Waals surface area contributed by atoms with Crippen LogP contribution < -0.4 is 16.4 Å². The van der Waals surface area contributed by atoms with Gasteiger partial charge in [-0.05, 0) is 12.5 Å². The minimum atomic E-state index is 0.127. The van der Waals surface area contributed by atoms with Crippen LogP contribution in [0.2, 0.25) is 0 Å². The van der Waals surface area contributed by atoms with Gasteiger partial charge in [0.05, 0.1) is 0 Å². The molecule has 1 aliphatic rings. The van der Waals surface area contributed by atoms with E-state index < -0.39 is 0 Å². The number of aromatic nitrogens is 1. The number of nitrogens with two attached hydrogens (primary N) is 1. The highest BCUT2D eigenvalue weighted by Gasteiger charge is 2.17. The molecule has 4 N–H and O–H groups in total. The van der Waals surface area contributed by atoms with Crippen LogP contribution in [0.1, 0.15) is 12.8 Å². The molecule has 5 heteroatoms. The highest BCUT2D eigenvalue weighted by atomic mass is 16.1. The first-order chi connectivity index (χ1) is 7.24. The van der Waals surface area contributed by atoms with Crippen LogP contribution in [0.15, 0.2) is 18.3 Å². The molecule has 1 aliphatic heterocycles. The first-order valence-corrected chi connectivity index (χ1v) is 4.99. The average molecular weight is 206 g/mol. The van der Waals surface area contributed by atoms with Gasteiger partial charge in [0.15, 0.2) is 0 Å². The molecule has 1 atom stereocenters. The van der Waals surface area contributed by atoms with Crippen LogP contribution in [0.25, 0.3) is 0 Å². The molecule has 0 bridgehead atoms. The zero-order chi connectivity index (χ0) is 10.7. The number of amides is 1. The molecule has 1 fully saturated rings. The number of nitrogen functional groups attached to an aromatic ring is 1. The van der Waals surface area contributed by atoms with Gasteiger partial charge in [-0.15, -0.1) is 0 Å². The van der Waals surface area contributed by atoms with E-state index in [0.29, 0.717) is 18.8 Å². The van der Waals surface area contributed by atoms with Gasteiger partial charge in [0.2, 0.25) is 5.91 Å². The van der Waals surface area contributed by atoms with Gasteiger partial charge in [0.25, 0.3) is 0 Å². The molecule has 15 heavy (non-hydrogen) atoms. The Morgan fingerprint density at radius 3 is 3.13 bits per heavy atom. The van der Waals surface area contributed by atoms with Crippen LogP contribution >= 0.6 is 0 Å². The van der Waals surface area contributed by atoms with E-state index in [1.54, 1.807) is 12.3 Å². The molecular weight excluding hydrogens is 192 g/mol. The van der Waals surface area contributed by atoms with Crippen LogP contribution in [-0.2, 0) is 4.79 Å². The van der Waals surface area contributed by atoms with Crippen molar-refractivity contribution in [2.45, 2.75) is 18.9 Å². The minimum Gasteiger partial charge on any atom is -0.384 e. The van der Waals surface area contributed by atoms with Crippen molar-refractivity contribution in [3.05, 3.63) is 18.3 Å². The Balaban J connectivity index is 1.94. The van der Waals surface area contributed by atoms with E-state index >= 15 is 0 Å². The fraction of sp³-hybridized carbons (Fsp3) is 0.400. The highest BCUT2D eigenvalue weighted by molar-refractivity contribution is 5.77. The predicted octanol–water partition coefficient (Wildman–Crippen LogP) is 0.354. The van der Waals surface area contributed by atoms with Crippen molar-refractivity contribution < 1.29 is 4.79 Å². The quantitative estimate of drug-likeness (QED) is 0.652. The number of carbonyl (C=O) groups excluding carboxylic acids is 1. The van der Waals surface area contributed by atoms with E-state index in [1.807, 2.05) is 6.07 Å². The second-order valence-corrected chi connectivity index (χ2v) is 3.65. The maximum atomic E-state index is 10.9. The number of nitrogens with zero attached hydrogens (tertiary/aromatic N) is 1. The highest BCUT2D eigenvalue weighted by Crippen LogP contribution is 2.13. The van der Waals surface area contributed by atoms with Gasteiger partial charge >= 0.3 is 0 Å². The number of rotatable bonds is 2. The summed E-state index contributed by atoms with van der Waals surface area (Å²) in [6.07, 6.45) is 3.10. The first-order valence-electron chi connectivity index (χ1n) is 4.99. The van der Waals surface area contributed by atoms with Crippen molar-refractivity contribution in [3.63, 3.8) is 0 Å². The summed E-state index contributed by atoms with van der Waals surface area (Å²) in [6.45, 7) is 0.668. The van der Waals surface area contributed by atoms with Gasteiger partial charge in [-0.25, -0.2) is 4.98 Å². The molecule has 0 spiro atoms. The molecule has 1 aromatic rings. The van der Waals surface area contributed by atoms with Crippen LogP contribution in [0.3, 0.4) is 0 Å². The van der Waals surface area contributed by atoms with Crippen molar-refractivity contribution in [1.29, 1.82) is 0 Å². The van der Waals surface area contributed by atoms with Crippen LogP contribution in [0.5, 0.6) is 0 Å². The Bertz CT molecular complexity index is 356. The minimum absolute atomic E-state index is 0.127. The zero-order valence-electron chi connectivity index (χ0n) is 8.36. The van der Waals surface area contributed by atoms with Crippen molar-refractivity contribution in [3.8, 4) is 0 Å². The topological polar surface area (TPSA) is 80.0 Å². The van der Waals surface area contributed by atoms with Crippen LogP contribution in [0, 0.1) is 0 Å². The van der Waals surface area contributed by atoms with Crippen LogP contribution in [-0.4, -0.2) is 23.5 Å². The molecule has 2 rings (SSSR count). The van der Waals surface area contributed by atoms with E-state index in [4.69, 9.17) is 5.73 Å². The smallest absolute Gasteiger partial charge is 0.220 e. The van der Waals surface area contributed by atoms with Crippen molar-refractivity contribution >= 4 is 17.4 Å². The normalized spacial score (nSPS) is 20.8. The van der Waals surface area contributed by atoms with Crippen molar-refractivity contribution in [2.75, 3.05) is 17.6 Å². The van der Waals surface area contributed by atoms with Gasteiger partial charge in [-0.3, -0.25) is 4.79 Å². The molecule has 0 aliphatic carbocycles. The largest absolute Gasteiger partial charge is 0.384 e. The second kappa shape index (κ2) is 4.16. The predicted molar refractivity (Wildman–Crippen MR) is 58.3 cm³/mol. The summed E-state index contributed by atoms with van der Waals surface area (Å²) < 4.78 is 0. The Kier molecular flexibility index (Phi) is 2.71. The molecule has 1 saturated heterocycles. The summed E-state index contributed by atoms with van der Waals surface area (Å²) in [7, 11) is 0. The molecular formula is C10H14N4O. The molecule has 0 aromatic carbocycles. The fourth-order valence-electron chi connectivity index (χ4n) is 1.63. The molecule has 0 radical (unpaired) electrons. The average Bonchev–Trinajstić information content (AvgIpc) is 2.22. The standard InChI is InChI=1S/C10H14N4O/c11-9-5-7(3-4-12-9)14-8-1-2-10(15)13-6-8/h3-5,8H,1-2,6H2,(H,13,15)(H3,11,12,14). The lowest BCUT2D eigenvalue weighted by atomic mass is 10.1. The summed E-state index contributed by atoms with van der Waals surface area (Å²) in [5.74, 6) is 0.627. The van der Waals surface area contributed by atoms with Gasteiger partial charge in [0, 0.05) is 37.0 Å². The molecule has 1 aromatic heterocycles. The summed E-state index contributed by atoms with van der Waals surface area (Å²) in [5.41, 5.74) is 6.51. The summed E-state index contributed by atoms with van der Waals surface area (Å²) in [5, 5.41) is 6.13. The maximum absolute atomic E-state index is 10.9. The Morgan fingerprint density at radius 1 is 1.60 bits per heavy atom. The number of anilines is 2. The third-order valence-corrected chi connectivity index (χ3v) is 2.42. The Hall–Kier alpha value is -1.78. The molecule has 80 valence electrons. The van der Waals surface area contributed by atoms with Gasteiger partial charge in [-0.2, -0.15) is 0 Å². The SMILES string of the molecule is Nc1cc(NC2CCC(=O)NC2)ccn1. The van der Waals surface area contributed by atoms with E-state index in [2.05, 4.69) is 15.6 Å². The van der Waals surface area contributed by atoms with E-state index in [-0.39, 0.29) is 11.9 Å². The summed E-state index contributed by atoms with van der Waals surface area (Å²) in [6, 6.07) is 3.94. The molecule has 5 nitrogen and oxygen atoms in total.